The fourth-order valence-electron chi connectivity index (χ4n) is 1.54. The number of nitrogens with zero attached hydrogens (tertiary/aromatic N) is 1. The van der Waals surface area contributed by atoms with Gasteiger partial charge in [0.1, 0.15) is 30.1 Å². The average Bonchev–Trinajstić information content (AvgIpc) is 2.74. The van der Waals surface area contributed by atoms with Crippen molar-refractivity contribution in [3.63, 3.8) is 0 Å². The van der Waals surface area contributed by atoms with Crippen molar-refractivity contribution in [2.75, 3.05) is 0 Å². The Bertz CT molecular complexity index is 508. The van der Waals surface area contributed by atoms with Crippen LogP contribution in [0.15, 0.2) is 28.9 Å². The molecule has 0 saturated carbocycles. The summed E-state index contributed by atoms with van der Waals surface area (Å²) < 4.78 is 23.8. The topological polar surface area (TPSA) is 35.3 Å². The van der Waals surface area contributed by atoms with Gasteiger partial charge < -0.3 is 9.15 Å². The van der Waals surface area contributed by atoms with E-state index in [1.54, 1.807) is 25.3 Å². The highest BCUT2D eigenvalue weighted by molar-refractivity contribution is 5.29. The highest BCUT2D eigenvalue weighted by atomic mass is 19.1. The molecule has 2 aromatic rings. The molecule has 0 spiro atoms. The van der Waals surface area contributed by atoms with Gasteiger partial charge in [0, 0.05) is 6.92 Å². The van der Waals surface area contributed by atoms with E-state index >= 15 is 0 Å². The molecule has 0 atom stereocenters. The van der Waals surface area contributed by atoms with Crippen molar-refractivity contribution in [3.05, 3.63) is 47.4 Å². The van der Waals surface area contributed by atoms with E-state index in [1.165, 1.54) is 6.07 Å². The number of aryl methyl sites for hydroxylation is 2. The van der Waals surface area contributed by atoms with E-state index < -0.39 is 0 Å². The lowest BCUT2D eigenvalue weighted by Crippen LogP contribution is -1.97. The smallest absolute Gasteiger partial charge is 0.191 e. The van der Waals surface area contributed by atoms with Gasteiger partial charge in [0.15, 0.2) is 5.89 Å². The summed E-state index contributed by atoms with van der Waals surface area (Å²) in [5.74, 6) is 1.05. The Hall–Kier alpha value is -1.84. The maximum atomic E-state index is 13.3. The van der Waals surface area contributed by atoms with Crippen LogP contribution in [0.25, 0.3) is 0 Å². The van der Waals surface area contributed by atoms with Crippen LogP contribution < -0.4 is 4.74 Å². The highest BCUT2D eigenvalue weighted by Gasteiger charge is 2.04. The van der Waals surface area contributed by atoms with E-state index in [2.05, 4.69) is 4.98 Å². The van der Waals surface area contributed by atoms with Crippen molar-refractivity contribution in [3.8, 4) is 5.75 Å². The molecule has 0 aliphatic rings. The summed E-state index contributed by atoms with van der Waals surface area (Å²) >= 11 is 0. The molecular weight excluding hydrogens is 221 g/mol. The van der Waals surface area contributed by atoms with Gasteiger partial charge in [-0.2, -0.15) is 0 Å². The van der Waals surface area contributed by atoms with Crippen LogP contribution in [0.4, 0.5) is 4.39 Å². The van der Waals surface area contributed by atoms with Crippen LogP contribution in [0.3, 0.4) is 0 Å². The van der Waals surface area contributed by atoms with Crippen LogP contribution >= 0.6 is 0 Å². The Kier molecular flexibility index (Phi) is 3.42. The van der Waals surface area contributed by atoms with Crippen molar-refractivity contribution in [2.24, 2.45) is 0 Å². The summed E-state index contributed by atoms with van der Waals surface area (Å²) in [6, 6.07) is 4.74. The molecule has 1 aromatic carbocycles. The summed E-state index contributed by atoms with van der Waals surface area (Å²) in [7, 11) is 0. The standard InChI is InChI=1S/C13H14FNO2/c1-3-10-6-12(4-5-13(10)14)17-8-11-7-16-9(2)15-11/h4-7H,3,8H2,1-2H3. The molecule has 0 saturated heterocycles. The Morgan fingerprint density at radius 1 is 1.41 bits per heavy atom. The third-order valence-corrected chi connectivity index (χ3v) is 2.45. The van der Waals surface area contributed by atoms with Crippen molar-refractivity contribution in [1.29, 1.82) is 0 Å². The fourth-order valence-corrected chi connectivity index (χ4v) is 1.54. The minimum Gasteiger partial charge on any atom is -0.487 e. The molecule has 1 heterocycles. The van der Waals surface area contributed by atoms with E-state index in [0.717, 1.165) is 5.69 Å². The van der Waals surface area contributed by atoms with Crippen LogP contribution in [0, 0.1) is 12.7 Å². The first-order valence-electron chi connectivity index (χ1n) is 5.51. The summed E-state index contributed by atoms with van der Waals surface area (Å²) in [5.41, 5.74) is 1.38. The number of benzene rings is 1. The van der Waals surface area contributed by atoms with Crippen molar-refractivity contribution in [1.82, 2.24) is 4.98 Å². The number of aromatic nitrogens is 1. The lowest BCUT2D eigenvalue weighted by molar-refractivity contribution is 0.300. The Labute approximate surface area is 99.2 Å². The molecule has 2 rings (SSSR count). The predicted molar refractivity (Wildman–Crippen MR) is 61.4 cm³/mol. The average molecular weight is 235 g/mol. The van der Waals surface area contributed by atoms with E-state index in [4.69, 9.17) is 9.15 Å². The first-order chi connectivity index (χ1) is 8.19. The van der Waals surface area contributed by atoms with Gasteiger partial charge in [0.05, 0.1) is 0 Å². The molecule has 3 nitrogen and oxygen atoms in total. The summed E-state index contributed by atoms with van der Waals surface area (Å²) in [6.45, 7) is 4.01. The van der Waals surface area contributed by atoms with Gasteiger partial charge >= 0.3 is 0 Å². The molecule has 0 aliphatic heterocycles. The predicted octanol–water partition coefficient (Wildman–Crippen LogP) is 3.26. The molecule has 0 amide bonds. The third-order valence-electron chi connectivity index (χ3n) is 2.45. The van der Waals surface area contributed by atoms with Crippen molar-refractivity contribution >= 4 is 0 Å². The number of halogens is 1. The molecular formula is C13H14FNO2. The third kappa shape index (κ3) is 2.84. The van der Waals surface area contributed by atoms with E-state index in [0.29, 0.717) is 30.2 Å². The maximum Gasteiger partial charge on any atom is 0.191 e. The fraction of sp³-hybridized carbons (Fsp3) is 0.308. The zero-order valence-corrected chi connectivity index (χ0v) is 9.87. The Morgan fingerprint density at radius 3 is 2.88 bits per heavy atom. The molecule has 0 unspecified atom stereocenters. The number of rotatable bonds is 4. The molecule has 0 fully saturated rings. The van der Waals surface area contributed by atoms with Crippen LogP contribution in [0.2, 0.25) is 0 Å². The van der Waals surface area contributed by atoms with Crippen LogP contribution in [0.1, 0.15) is 24.1 Å². The minimum absolute atomic E-state index is 0.197. The van der Waals surface area contributed by atoms with Gasteiger partial charge in [-0.25, -0.2) is 9.37 Å². The van der Waals surface area contributed by atoms with E-state index in [-0.39, 0.29) is 5.82 Å². The second-order valence-corrected chi connectivity index (χ2v) is 3.75. The first kappa shape index (κ1) is 11.6. The van der Waals surface area contributed by atoms with Crippen LogP contribution in [-0.2, 0) is 13.0 Å². The monoisotopic (exact) mass is 235 g/mol. The second-order valence-electron chi connectivity index (χ2n) is 3.75. The molecule has 4 heteroatoms. The molecule has 0 radical (unpaired) electrons. The largest absolute Gasteiger partial charge is 0.487 e. The normalized spacial score (nSPS) is 10.5. The zero-order valence-electron chi connectivity index (χ0n) is 9.87. The number of oxazole rings is 1. The molecule has 1 aromatic heterocycles. The van der Waals surface area contributed by atoms with Gasteiger partial charge in [0.2, 0.25) is 0 Å². The van der Waals surface area contributed by atoms with Gasteiger partial charge in [-0.1, -0.05) is 6.92 Å². The van der Waals surface area contributed by atoms with Gasteiger partial charge in [-0.15, -0.1) is 0 Å². The summed E-state index contributed by atoms with van der Waals surface area (Å²) in [6.07, 6.45) is 2.20. The van der Waals surface area contributed by atoms with Crippen LogP contribution in [0.5, 0.6) is 5.75 Å². The Balaban J connectivity index is 2.04. The number of hydrogen-bond donors (Lipinski definition) is 0. The van der Waals surface area contributed by atoms with Crippen LogP contribution in [-0.4, -0.2) is 4.98 Å². The maximum absolute atomic E-state index is 13.3. The number of ether oxygens (including phenoxy) is 1. The van der Waals surface area contributed by atoms with E-state index in [1.807, 2.05) is 6.92 Å². The lowest BCUT2D eigenvalue weighted by Gasteiger charge is -2.06. The van der Waals surface area contributed by atoms with Gasteiger partial charge in [-0.05, 0) is 30.2 Å². The minimum atomic E-state index is -0.197. The quantitative estimate of drug-likeness (QED) is 0.815. The van der Waals surface area contributed by atoms with Gasteiger partial charge in [-0.3, -0.25) is 0 Å². The number of hydrogen-bond acceptors (Lipinski definition) is 3. The molecule has 0 bridgehead atoms. The second kappa shape index (κ2) is 4.99. The van der Waals surface area contributed by atoms with E-state index in [9.17, 15) is 4.39 Å². The summed E-state index contributed by atoms with van der Waals surface area (Å²) in [4.78, 5) is 4.12. The molecule has 17 heavy (non-hydrogen) atoms. The first-order valence-corrected chi connectivity index (χ1v) is 5.51. The lowest BCUT2D eigenvalue weighted by atomic mass is 10.1. The highest BCUT2D eigenvalue weighted by Crippen LogP contribution is 2.18. The molecule has 90 valence electrons. The zero-order chi connectivity index (χ0) is 12.3. The Morgan fingerprint density at radius 2 is 2.24 bits per heavy atom. The SMILES string of the molecule is CCc1cc(OCc2coc(C)n2)ccc1F. The van der Waals surface area contributed by atoms with Crippen molar-refractivity contribution < 1.29 is 13.5 Å². The van der Waals surface area contributed by atoms with Gasteiger partial charge in [0.25, 0.3) is 0 Å². The summed E-state index contributed by atoms with van der Waals surface area (Å²) in [5, 5.41) is 0. The molecule has 0 N–H and O–H groups in total. The molecule has 0 aliphatic carbocycles. The van der Waals surface area contributed by atoms with Crippen molar-refractivity contribution in [2.45, 2.75) is 26.9 Å².